The SMILES string of the molecule is C=CCOc1ccc(/C=C/C(=O)NCCNS(=O)(=O)c2ccc(C)cc2)cc1OC. The molecule has 0 aromatic heterocycles. The van der Waals surface area contributed by atoms with E-state index in [4.69, 9.17) is 9.47 Å². The van der Waals surface area contributed by atoms with E-state index in [1.54, 1.807) is 54.6 Å². The average Bonchev–Trinajstić information content (AvgIpc) is 2.74. The minimum Gasteiger partial charge on any atom is -0.493 e. The Labute approximate surface area is 177 Å². The van der Waals surface area contributed by atoms with Gasteiger partial charge in [0, 0.05) is 19.2 Å². The number of hydrogen-bond donors (Lipinski definition) is 2. The summed E-state index contributed by atoms with van der Waals surface area (Å²) in [5.41, 5.74) is 1.73. The Morgan fingerprint density at radius 1 is 1.10 bits per heavy atom. The van der Waals surface area contributed by atoms with Crippen LogP contribution < -0.4 is 19.5 Å². The fraction of sp³-hybridized carbons (Fsp3) is 0.227. The molecule has 8 heteroatoms. The van der Waals surface area contributed by atoms with Crippen LogP contribution in [0.4, 0.5) is 0 Å². The number of amides is 1. The molecule has 0 aliphatic rings. The number of hydrogen-bond acceptors (Lipinski definition) is 5. The summed E-state index contributed by atoms with van der Waals surface area (Å²) in [7, 11) is -2.06. The van der Waals surface area contributed by atoms with Crippen molar-refractivity contribution < 1.29 is 22.7 Å². The molecular formula is C22H26N2O5S. The van der Waals surface area contributed by atoms with Gasteiger partial charge in [-0.1, -0.05) is 36.4 Å². The maximum Gasteiger partial charge on any atom is 0.244 e. The molecule has 2 rings (SSSR count). The molecule has 30 heavy (non-hydrogen) atoms. The number of rotatable bonds is 11. The summed E-state index contributed by atoms with van der Waals surface area (Å²) < 4.78 is 37.6. The molecule has 2 aromatic rings. The normalized spacial score (nSPS) is 11.3. The number of carbonyl (C=O) groups is 1. The van der Waals surface area contributed by atoms with Crippen molar-refractivity contribution in [2.24, 2.45) is 0 Å². The third kappa shape index (κ3) is 7.06. The van der Waals surface area contributed by atoms with Crippen LogP contribution in [-0.4, -0.2) is 41.1 Å². The maximum absolute atomic E-state index is 12.2. The summed E-state index contributed by atoms with van der Waals surface area (Å²) in [6.45, 7) is 6.09. The molecular weight excluding hydrogens is 404 g/mol. The van der Waals surface area contributed by atoms with Gasteiger partial charge in [-0.25, -0.2) is 13.1 Å². The molecule has 7 nitrogen and oxygen atoms in total. The summed E-state index contributed by atoms with van der Waals surface area (Å²) >= 11 is 0. The molecule has 0 fully saturated rings. The van der Waals surface area contributed by atoms with Gasteiger partial charge in [0.05, 0.1) is 12.0 Å². The summed E-state index contributed by atoms with van der Waals surface area (Å²) in [5.74, 6) is 0.792. The third-order valence-corrected chi connectivity index (χ3v) is 5.50. The zero-order chi connectivity index (χ0) is 22.0. The van der Waals surface area contributed by atoms with E-state index in [2.05, 4.69) is 16.6 Å². The van der Waals surface area contributed by atoms with Crippen LogP contribution >= 0.6 is 0 Å². The Kier molecular flexibility index (Phi) is 8.64. The highest BCUT2D eigenvalue weighted by Crippen LogP contribution is 2.28. The number of nitrogens with one attached hydrogen (secondary N) is 2. The van der Waals surface area contributed by atoms with Crippen molar-refractivity contribution in [3.63, 3.8) is 0 Å². The van der Waals surface area contributed by atoms with Gasteiger partial charge in [-0.3, -0.25) is 4.79 Å². The smallest absolute Gasteiger partial charge is 0.244 e. The third-order valence-electron chi connectivity index (χ3n) is 4.02. The number of sulfonamides is 1. The monoisotopic (exact) mass is 430 g/mol. The average molecular weight is 431 g/mol. The lowest BCUT2D eigenvalue weighted by Crippen LogP contribution is -2.34. The first-order valence-corrected chi connectivity index (χ1v) is 10.8. The summed E-state index contributed by atoms with van der Waals surface area (Å²) in [6, 6.07) is 11.8. The number of benzene rings is 2. The van der Waals surface area contributed by atoms with Gasteiger partial charge < -0.3 is 14.8 Å². The molecule has 0 radical (unpaired) electrons. The van der Waals surface area contributed by atoms with Crippen LogP contribution in [0.3, 0.4) is 0 Å². The van der Waals surface area contributed by atoms with E-state index >= 15 is 0 Å². The minimum atomic E-state index is -3.60. The van der Waals surface area contributed by atoms with Crippen molar-refractivity contribution in [1.29, 1.82) is 0 Å². The van der Waals surface area contributed by atoms with E-state index in [0.29, 0.717) is 18.1 Å². The fourth-order valence-electron chi connectivity index (χ4n) is 2.46. The zero-order valence-corrected chi connectivity index (χ0v) is 17.9. The van der Waals surface area contributed by atoms with E-state index in [9.17, 15) is 13.2 Å². The van der Waals surface area contributed by atoms with Gasteiger partial charge in [0.1, 0.15) is 6.61 Å². The first-order chi connectivity index (χ1) is 14.4. The topological polar surface area (TPSA) is 93.7 Å². The molecule has 2 aromatic carbocycles. The second-order valence-corrected chi connectivity index (χ2v) is 8.11. The Bertz CT molecular complexity index is 999. The summed E-state index contributed by atoms with van der Waals surface area (Å²) in [6.07, 6.45) is 4.64. The molecule has 0 saturated heterocycles. The zero-order valence-electron chi connectivity index (χ0n) is 17.1. The lowest BCUT2D eigenvalue weighted by atomic mass is 10.2. The summed E-state index contributed by atoms with van der Waals surface area (Å²) in [4.78, 5) is 12.2. The molecule has 0 bridgehead atoms. The van der Waals surface area contributed by atoms with Gasteiger partial charge in [-0.15, -0.1) is 0 Å². The predicted molar refractivity (Wildman–Crippen MR) is 117 cm³/mol. The number of carbonyl (C=O) groups excluding carboxylic acids is 1. The lowest BCUT2D eigenvalue weighted by Gasteiger charge is -2.09. The first kappa shape index (κ1) is 23.2. The van der Waals surface area contributed by atoms with Crippen LogP contribution in [0.15, 0.2) is 66.1 Å². The minimum absolute atomic E-state index is 0.0823. The van der Waals surface area contributed by atoms with Gasteiger partial charge in [0.15, 0.2) is 11.5 Å². The largest absolute Gasteiger partial charge is 0.493 e. The Hall–Kier alpha value is -3.10. The number of aryl methyl sites for hydroxylation is 1. The second kappa shape index (κ2) is 11.2. The van der Waals surface area contributed by atoms with Gasteiger partial charge in [-0.05, 0) is 42.8 Å². The molecule has 0 heterocycles. The van der Waals surface area contributed by atoms with Crippen molar-refractivity contribution in [2.45, 2.75) is 11.8 Å². The van der Waals surface area contributed by atoms with E-state index in [1.807, 2.05) is 6.92 Å². The molecule has 0 unspecified atom stereocenters. The molecule has 0 atom stereocenters. The van der Waals surface area contributed by atoms with Crippen LogP contribution in [-0.2, 0) is 14.8 Å². The highest BCUT2D eigenvalue weighted by atomic mass is 32.2. The molecule has 0 saturated carbocycles. The highest BCUT2D eigenvalue weighted by Gasteiger charge is 2.12. The van der Waals surface area contributed by atoms with Crippen molar-refractivity contribution in [3.05, 3.63) is 72.3 Å². The van der Waals surface area contributed by atoms with E-state index in [1.165, 1.54) is 13.2 Å². The van der Waals surface area contributed by atoms with Gasteiger partial charge >= 0.3 is 0 Å². The van der Waals surface area contributed by atoms with Crippen molar-refractivity contribution in [1.82, 2.24) is 10.0 Å². The van der Waals surface area contributed by atoms with Crippen LogP contribution in [0.25, 0.3) is 6.08 Å². The number of ether oxygens (including phenoxy) is 2. The maximum atomic E-state index is 12.2. The lowest BCUT2D eigenvalue weighted by molar-refractivity contribution is -0.116. The van der Waals surface area contributed by atoms with Crippen molar-refractivity contribution in [3.8, 4) is 11.5 Å². The van der Waals surface area contributed by atoms with Crippen LogP contribution in [0.2, 0.25) is 0 Å². The molecule has 160 valence electrons. The Balaban J connectivity index is 1.83. The Morgan fingerprint density at radius 3 is 2.50 bits per heavy atom. The second-order valence-electron chi connectivity index (χ2n) is 6.35. The van der Waals surface area contributed by atoms with E-state index < -0.39 is 10.0 Å². The Morgan fingerprint density at radius 2 is 1.83 bits per heavy atom. The first-order valence-electron chi connectivity index (χ1n) is 9.29. The van der Waals surface area contributed by atoms with Gasteiger partial charge in [0.2, 0.25) is 15.9 Å². The van der Waals surface area contributed by atoms with E-state index in [-0.39, 0.29) is 23.9 Å². The summed E-state index contributed by atoms with van der Waals surface area (Å²) in [5, 5.41) is 2.63. The van der Waals surface area contributed by atoms with Gasteiger partial charge in [0.25, 0.3) is 0 Å². The quantitative estimate of drug-likeness (QED) is 0.325. The standard InChI is InChI=1S/C22H26N2O5S/c1-4-15-29-20-11-7-18(16-21(20)28-3)8-12-22(25)23-13-14-24-30(26,27)19-9-5-17(2)6-10-19/h4-12,16,24H,1,13-15H2,2-3H3,(H,23,25)/b12-8+. The van der Waals surface area contributed by atoms with Crippen molar-refractivity contribution >= 4 is 22.0 Å². The molecule has 0 aliphatic heterocycles. The van der Waals surface area contributed by atoms with Crippen LogP contribution in [0.5, 0.6) is 11.5 Å². The van der Waals surface area contributed by atoms with Crippen LogP contribution in [0, 0.1) is 6.92 Å². The van der Waals surface area contributed by atoms with Crippen molar-refractivity contribution in [2.75, 3.05) is 26.8 Å². The van der Waals surface area contributed by atoms with Crippen LogP contribution in [0.1, 0.15) is 11.1 Å². The highest BCUT2D eigenvalue weighted by molar-refractivity contribution is 7.89. The molecule has 0 spiro atoms. The van der Waals surface area contributed by atoms with Gasteiger partial charge in [-0.2, -0.15) is 0 Å². The molecule has 1 amide bonds. The number of methoxy groups -OCH3 is 1. The predicted octanol–water partition coefficient (Wildman–Crippen LogP) is 2.68. The van der Waals surface area contributed by atoms with E-state index in [0.717, 1.165) is 11.1 Å². The molecule has 2 N–H and O–H groups in total. The fourth-order valence-corrected chi connectivity index (χ4v) is 3.49. The molecule has 0 aliphatic carbocycles.